The van der Waals surface area contributed by atoms with Gasteiger partial charge in [0.2, 0.25) is 0 Å². The number of amides is 1. The molecule has 2 aromatic carbocycles. The van der Waals surface area contributed by atoms with Gasteiger partial charge in [-0.3, -0.25) is 9.48 Å². The van der Waals surface area contributed by atoms with E-state index in [1.807, 2.05) is 36.0 Å². The highest BCUT2D eigenvalue weighted by molar-refractivity contribution is 6.34. The molecule has 0 radical (unpaired) electrons. The summed E-state index contributed by atoms with van der Waals surface area (Å²) < 4.78 is 43.7. The number of carbonyl (C=O) groups is 1. The first-order valence-corrected chi connectivity index (χ1v) is 10.9. The molecule has 1 saturated carbocycles. The first-order valence-electron chi connectivity index (χ1n) is 10.6. The molecule has 0 unspecified atom stereocenters. The fourth-order valence-corrected chi connectivity index (χ4v) is 4.56. The minimum atomic E-state index is -1.41. The molecule has 1 heterocycles. The molecule has 32 heavy (non-hydrogen) atoms. The SMILES string of the molecule is Cc1c(F)c(F)c(Cl)c(C(=O)NC2CCC(CNc3nn(C)c4ccccc34)CC2)c1F. The van der Waals surface area contributed by atoms with Crippen molar-refractivity contribution in [3.63, 3.8) is 0 Å². The molecule has 0 atom stereocenters. The third-order valence-electron chi connectivity index (χ3n) is 6.21. The maximum atomic E-state index is 14.4. The number of halogens is 4. The molecule has 1 fully saturated rings. The van der Waals surface area contributed by atoms with E-state index in [4.69, 9.17) is 11.6 Å². The molecular formula is C23H24ClF3N4O. The Morgan fingerprint density at radius 3 is 2.53 bits per heavy atom. The second-order valence-electron chi connectivity index (χ2n) is 8.32. The van der Waals surface area contributed by atoms with Crippen LogP contribution in [0.4, 0.5) is 19.0 Å². The average Bonchev–Trinajstić information content (AvgIpc) is 3.12. The summed E-state index contributed by atoms with van der Waals surface area (Å²) in [6, 6.07) is 7.82. The van der Waals surface area contributed by atoms with E-state index in [2.05, 4.69) is 15.7 Å². The van der Waals surface area contributed by atoms with Crippen LogP contribution in [-0.4, -0.2) is 28.3 Å². The predicted molar refractivity (Wildman–Crippen MR) is 118 cm³/mol. The standard InChI is InChI=1S/C23H24ClF3N4O/c1-12-19(25)17(18(24)21(27)20(12)26)23(32)29-14-9-7-13(8-10-14)11-28-22-15-5-3-4-6-16(15)31(2)30-22/h3-6,13-14H,7-11H2,1-2H3,(H,28,30)(H,29,32). The van der Waals surface area contributed by atoms with Crippen LogP contribution in [0, 0.1) is 30.3 Å². The number of benzene rings is 2. The third kappa shape index (κ3) is 4.16. The Morgan fingerprint density at radius 1 is 1.12 bits per heavy atom. The van der Waals surface area contributed by atoms with Gasteiger partial charge in [0.05, 0.1) is 16.1 Å². The van der Waals surface area contributed by atoms with Crippen molar-refractivity contribution >= 4 is 34.2 Å². The normalized spacial score (nSPS) is 18.7. The average molecular weight is 465 g/mol. The van der Waals surface area contributed by atoms with E-state index in [9.17, 15) is 18.0 Å². The number of carbonyl (C=O) groups excluding carboxylic acids is 1. The van der Waals surface area contributed by atoms with Crippen LogP contribution >= 0.6 is 11.6 Å². The maximum absolute atomic E-state index is 14.4. The summed E-state index contributed by atoms with van der Waals surface area (Å²) in [6.07, 6.45) is 3.11. The summed E-state index contributed by atoms with van der Waals surface area (Å²) in [5.41, 5.74) is -0.150. The molecule has 1 aliphatic rings. The van der Waals surface area contributed by atoms with Crippen molar-refractivity contribution < 1.29 is 18.0 Å². The second kappa shape index (κ2) is 9.02. The quantitative estimate of drug-likeness (QED) is 0.395. The van der Waals surface area contributed by atoms with Crippen LogP contribution in [0.5, 0.6) is 0 Å². The summed E-state index contributed by atoms with van der Waals surface area (Å²) in [7, 11) is 1.91. The van der Waals surface area contributed by atoms with Gasteiger partial charge in [0.25, 0.3) is 5.91 Å². The monoisotopic (exact) mass is 464 g/mol. The number of fused-ring (bicyclic) bond motifs is 1. The van der Waals surface area contributed by atoms with Gasteiger partial charge < -0.3 is 10.6 Å². The summed E-state index contributed by atoms with van der Waals surface area (Å²) in [4.78, 5) is 12.5. The van der Waals surface area contributed by atoms with Crippen LogP contribution in [0.15, 0.2) is 24.3 Å². The van der Waals surface area contributed by atoms with Gasteiger partial charge >= 0.3 is 0 Å². The fraction of sp³-hybridized carbons (Fsp3) is 0.391. The zero-order valence-electron chi connectivity index (χ0n) is 17.8. The lowest BCUT2D eigenvalue weighted by atomic mass is 9.86. The highest BCUT2D eigenvalue weighted by Crippen LogP contribution is 2.30. The highest BCUT2D eigenvalue weighted by Gasteiger charge is 2.29. The summed E-state index contributed by atoms with van der Waals surface area (Å²) in [5, 5.41) is 10.9. The minimum absolute atomic E-state index is 0.182. The molecule has 4 rings (SSSR count). The van der Waals surface area contributed by atoms with Crippen LogP contribution in [0.25, 0.3) is 10.9 Å². The number of aryl methyl sites for hydroxylation is 1. The Kier molecular flexibility index (Phi) is 6.33. The lowest BCUT2D eigenvalue weighted by Crippen LogP contribution is -2.39. The lowest BCUT2D eigenvalue weighted by molar-refractivity contribution is 0.0918. The van der Waals surface area contributed by atoms with E-state index in [1.54, 1.807) is 0 Å². The Bertz CT molecular complexity index is 1140. The molecule has 3 aromatic rings. The van der Waals surface area contributed by atoms with E-state index < -0.39 is 39.5 Å². The van der Waals surface area contributed by atoms with Crippen molar-refractivity contribution in [2.45, 2.75) is 38.6 Å². The van der Waals surface area contributed by atoms with E-state index in [0.29, 0.717) is 18.8 Å². The summed E-state index contributed by atoms with van der Waals surface area (Å²) in [5.74, 6) is -3.50. The van der Waals surface area contributed by atoms with Crippen molar-refractivity contribution in [1.29, 1.82) is 0 Å². The molecule has 5 nitrogen and oxygen atoms in total. The molecule has 170 valence electrons. The molecule has 2 N–H and O–H groups in total. The number of hydrogen-bond donors (Lipinski definition) is 2. The zero-order valence-corrected chi connectivity index (χ0v) is 18.6. The van der Waals surface area contributed by atoms with Crippen LogP contribution in [-0.2, 0) is 7.05 Å². The molecular weight excluding hydrogens is 441 g/mol. The zero-order chi connectivity index (χ0) is 23.0. The van der Waals surface area contributed by atoms with Gasteiger partial charge in [-0.15, -0.1) is 0 Å². The Morgan fingerprint density at radius 2 is 1.81 bits per heavy atom. The van der Waals surface area contributed by atoms with Crippen LogP contribution in [0.1, 0.15) is 41.6 Å². The van der Waals surface area contributed by atoms with Gasteiger partial charge in [-0.05, 0) is 50.7 Å². The number of para-hydroxylation sites is 1. The third-order valence-corrected chi connectivity index (χ3v) is 6.56. The number of aromatic nitrogens is 2. The minimum Gasteiger partial charge on any atom is -0.368 e. The lowest BCUT2D eigenvalue weighted by Gasteiger charge is -2.29. The van der Waals surface area contributed by atoms with Gasteiger partial charge in [0.15, 0.2) is 17.5 Å². The van der Waals surface area contributed by atoms with Gasteiger partial charge in [0, 0.05) is 30.6 Å². The molecule has 0 spiro atoms. The highest BCUT2D eigenvalue weighted by atomic mass is 35.5. The van der Waals surface area contributed by atoms with Crippen molar-refractivity contribution in [2.24, 2.45) is 13.0 Å². The molecule has 1 aliphatic carbocycles. The summed E-state index contributed by atoms with van der Waals surface area (Å²) >= 11 is 5.72. The number of nitrogens with one attached hydrogen (secondary N) is 2. The fourth-order valence-electron chi connectivity index (χ4n) is 4.30. The first-order chi connectivity index (χ1) is 15.3. The van der Waals surface area contributed by atoms with E-state index in [0.717, 1.165) is 43.0 Å². The molecule has 0 saturated heterocycles. The molecule has 0 aliphatic heterocycles. The van der Waals surface area contributed by atoms with Crippen molar-refractivity contribution in [3.05, 3.63) is 57.9 Å². The Hall–Kier alpha value is -2.74. The number of rotatable bonds is 5. The van der Waals surface area contributed by atoms with Crippen molar-refractivity contribution in [3.8, 4) is 0 Å². The van der Waals surface area contributed by atoms with Crippen molar-refractivity contribution in [1.82, 2.24) is 15.1 Å². The molecule has 9 heteroatoms. The Balaban J connectivity index is 1.34. The van der Waals surface area contributed by atoms with E-state index in [-0.39, 0.29) is 6.04 Å². The first kappa shape index (κ1) is 22.5. The smallest absolute Gasteiger partial charge is 0.256 e. The molecule has 1 amide bonds. The molecule has 0 bridgehead atoms. The van der Waals surface area contributed by atoms with E-state index in [1.165, 1.54) is 0 Å². The van der Waals surface area contributed by atoms with Crippen LogP contribution < -0.4 is 10.6 Å². The summed E-state index contributed by atoms with van der Waals surface area (Å²) in [6.45, 7) is 1.83. The van der Waals surface area contributed by atoms with Gasteiger partial charge in [-0.1, -0.05) is 23.7 Å². The van der Waals surface area contributed by atoms with E-state index >= 15 is 0 Å². The van der Waals surface area contributed by atoms with Crippen LogP contribution in [0.2, 0.25) is 5.02 Å². The maximum Gasteiger partial charge on any atom is 0.256 e. The van der Waals surface area contributed by atoms with Gasteiger partial charge in [0.1, 0.15) is 5.82 Å². The van der Waals surface area contributed by atoms with Crippen LogP contribution in [0.3, 0.4) is 0 Å². The van der Waals surface area contributed by atoms with Gasteiger partial charge in [-0.25, -0.2) is 13.2 Å². The van der Waals surface area contributed by atoms with Gasteiger partial charge in [-0.2, -0.15) is 5.10 Å². The molecule has 1 aromatic heterocycles. The number of nitrogens with zero attached hydrogens (tertiary/aromatic N) is 2. The van der Waals surface area contributed by atoms with Crippen molar-refractivity contribution in [2.75, 3.05) is 11.9 Å². The Labute approximate surface area is 188 Å². The number of hydrogen-bond acceptors (Lipinski definition) is 3. The largest absolute Gasteiger partial charge is 0.368 e. The second-order valence-corrected chi connectivity index (χ2v) is 8.70. The topological polar surface area (TPSA) is 59.0 Å². The number of anilines is 1. The predicted octanol–water partition coefficient (Wildman–Crippen LogP) is 5.35.